The van der Waals surface area contributed by atoms with E-state index in [0.29, 0.717) is 12.0 Å². The van der Waals surface area contributed by atoms with Crippen LogP contribution in [0.15, 0.2) is 24.3 Å². The first kappa shape index (κ1) is 12.5. The highest BCUT2D eigenvalue weighted by atomic mass is 16.5. The Morgan fingerprint density at radius 2 is 2.25 bits per heavy atom. The Balaban J connectivity index is 3.03. The van der Waals surface area contributed by atoms with Crippen molar-refractivity contribution in [3.63, 3.8) is 0 Å². The van der Waals surface area contributed by atoms with Crippen molar-refractivity contribution in [2.24, 2.45) is 0 Å². The standard InChI is InChI=1S/C13H16O3/c1-10-6-7-12(13(15)16-2)11(9-10)5-3-4-8-14/h3,5-7,9,14H,4,8H2,1-2H3. The van der Waals surface area contributed by atoms with E-state index in [2.05, 4.69) is 0 Å². The highest BCUT2D eigenvalue weighted by molar-refractivity contribution is 5.93. The van der Waals surface area contributed by atoms with Gasteiger partial charge in [-0.25, -0.2) is 4.79 Å². The van der Waals surface area contributed by atoms with E-state index in [1.165, 1.54) is 7.11 Å². The summed E-state index contributed by atoms with van der Waals surface area (Å²) in [7, 11) is 1.36. The molecule has 0 unspecified atom stereocenters. The molecule has 0 bridgehead atoms. The van der Waals surface area contributed by atoms with Gasteiger partial charge in [-0.1, -0.05) is 29.8 Å². The Labute approximate surface area is 95.4 Å². The lowest BCUT2D eigenvalue weighted by atomic mass is 10.0. The van der Waals surface area contributed by atoms with Crippen LogP contribution in [-0.4, -0.2) is 24.8 Å². The zero-order valence-electron chi connectivity index (χ0n) is 9.56. The van der Waals surface area contributed by atoms with E-state index in [-0.39, 0.29) is 12.6 Å². The molecule has 0 radical (unpaired) electrons. The van der Waals surface area contributed by atoms with Crippen molar-refractivity contribution < 1.29 is 14.6 Å². The second-order valence-electron chi connectivity index (χ2n) is 3.50. The molecule has 0 fully saturated rings. The minimum atomic E-state index is -0.344. The summed E-state index contributed by atoms with van der Waals surface area (Å²) in [6.07, 6.45) is 4.24. The molecule has 0 aliphatic rings. The van der Waals surface area contributed by atoms with Crippen LogP contribution in [0.25, 0.3) is 6.08 Å². The molecule has 0 spiro atoms. The van der Waals surface area contributed by atoms with E-state index >= 15 is 0 Å². The lowest BCUT2D eigenvalue weighted by Crippen LogP contribution is -2.03. The lowest BCUT2D eigenvalue weighted by Gasteiger charge is -2.05. The van der Waals surface area contributed by atoms with Crippen LogP contribution in [0, 0.1) is 6.92 Å². The minimum Gasteiger partial charge on any atom is -0.465 e. The zero-order valence-corrected chi connectivity index (χ0v) is 9.56. The van der Waals surface area contributed by atoms with E-state index < -0.39 is 0 Å². The van der Waals surface area contributed by atoms with Gasteiger partial charge in [0.1, 0.15) is 0 Å². The van der Waals surface area contributed by atoms with Crippen LogP contribution >= 0.6 is 0 Å². The third-order valence-electron chi connectivity index (χ3n) is 2.21. The molecule has 1 aromatic carbocycles. The normalized spacial score (nSPS) is 10.7. The molecule has 16 heavy (non-hydrogen) atoms. The van der Waals surface area contributed by atoms with Crippen molar-refractivity contribution in [1.29, 1.82) is 0 Å². The maximum atomic E-state index is 11.5. The first-order chi connectivity index (χ1) is 7.69. The molecule has 0 heterocycles. The molecule has 0 atom stereocenters. The molecule has 0 aromatic heterocycles. The molecule has 0 amide bonds. The molecule has 3 nitrogen and oxygen atoms in total. The predicted molar refractivity (Wildman–Crippen MR) is 63.3 cm³/mol. The van der Waals surface area contributed by atoms with Crippen LogP contribution < -0.4 is 0 Å². The Bertz CT molecular complexity index is 394. The summed E-state index contributed by atoms with van der Waals surface area (Å²) in [5, 5.41) is 8.68. The minimum absolute atomic E-state index is 0.107. The number of carbonyl (C=O) groups is 1. The number of hydrogen-bond donors (Lipinski definition) is 1. The number of aliphatic hydroxyl groups is 1. The summed E-state index contributed by atoms with van der Waals surface area (Å²) in [5.41, 5.74) is 2.44. The van der Waals surface area contributed by atoms with Gasteiger partial charge in [0.25, 0.3) is 0 Å². The monoisotopic (exact) mass is 220 g/mol. The zero-order chi connectivity index (χ0) is 12.0. The Hall–Kier alpha value is -1.61. The van der Waals surface area contributed by atoms with Gasteiger partial charge in [-0.15, -0.1) is 0 Å². The SMILES string of the molecule is COC(=O)c1ccc(C)cc1C=CCCO. The Morgan fingerprint density at radius 3 is 2.88 bits per heavy atom. The lowest BCUT2D eigenvalue weighted by molar-refractivity contribution is 0.0600. The summed E-state index contributed by atoms with van der Waals surface area (Å²) >= 11 is 0. The van der Waals surface area contributed by atoms with Crippen LogP contribution in [0.2, 0.25) is 0 Å². The van der Waals surface area contributed by atoms with Crippen LogP contribution in [-0.2, 0) is 4.74 Å². The number of aliphatic hydroxyl groups excluding tert-OH is 1. The number of carbonyl (C=O) groups excluding carboxylic acids is 1. The van der Waals surface area contributed by atoms with Gasteiger partial charge in [-0.3, -0.25) is 0 Å². The summed E-state index contributed by atoms with van der Waals surface area (Å²) in [6, 6.07) is 5.54. The third kappa shape index (κ3) is 3.21. The maximum Gasteiger partial charge on any atom is 0.338 e. The molecular formula is C13H16O3. The molecular weight excluding hydrogens is 204 g/mol. The van der Waals surface area contributed by atoms with E-state index in [4.69, 9.17) is 9.84 Å². The van der Waals surface area contributed by atoms with Gasteiger partial charge >= 0.3 is 5.97 Å². The fourth-order valence-electron chi connectivity index (χ4n) is 1.40. The molecule has 0 aliphatic heterocycles. The smallest absolute Gasteiger partial charge is 0.338 e. The average Bonchev–Trinajstić information content (AvgIpc) is 2.29. The number of rotatable bonds is 4. The summed E-state index contributed by atoms with van der Waals surface area (Å²) in [6.45, 7) is 2.07. The van der Waals surface area contributed by atoms with E-state index in [1.54, 1.807) is 6.07 Å². The molecule has 1 rings (SSSR count). The second-order valence-corrected chi connectivity index (χ2v) is 3.50. The van der Waals surface area contributed by atoms with Crippen molar-refractivity contribution in [2.75, 3.05) is 13.7 Å². The number of esters is 1. The maximum absolute atomic E-state index is 11.5. The number of aryl methyl sites for hydroxylation is 1. The highest BCUT2D eigenvalue weighted by Crippen LogP contribution is 2.15. The number of benzene rings is 1. The van der Waals surface area contributed by atoms with Crippen LogP contribution in [0.5, 0.6) is 0 Å². The molecule has 86 valence electrons. The number of hydrogen-bond acceptors (Lipinski definition) is 3. The van der Waals surface area contributed by atoms with Crippen molar-refractivity contribution in [3.05, 3.63) is 41.0 Å². The molecule has 3 heteroatoms. The second kappa shape index (κ2) is 6.08. The van der Waals surface area contributed by atoms with Gasteiger partial charge in [-0.05, 0) is 25.0 Å². The van der Waals surface area contributed by atoms with E-state index in [1.807, 2.05) is 31.2 Å². The van der Waals surface area contributed by atoms with Crippen LogP contribution in [0.4, 0.5) is 0 Å². The Kier molecular flexibility index (Phi) is 4.73. The van der Waals surface area contributed by atoms with Gasteiger partial charge in [0.2, 0.25) is 0 Å². The van der Waals surface area contributed by atoms with Gasteiger partial charge in [-0.2, -0.15) is 0 Å². The van der Waals surface area contributed by atoms with Crippen molar-refractivity contribution in [2.45, 2.75) is 13.3 Å². The van der Waals surface area contributed by atoms with E-state index in [9.17, 15) is 4.79 Å². The van der Waals surface area contributed by atoms with Crippen molar-refractivity contribution in [1.82, 2.24) is 0 Å². The van der Waals surface area contributed by atoms with E-state index in [0.717, 1.165) is 11.1 Å². The number of methoxy groups -OCH3 is 1. The van der Waals surface area contributed by atoms with Crippen molar-refractivity contribution >= 4 is 12.0 Å². The fraction of sp³-hybridized carbons (Fsp3) is 0.308. The van der Waals surface area contributed by atoms with Crippen molar-refractivity contribution in [3.8, 4) is 0 Å². The molecule has 0 aliphatic carbocycles. The average molecular weight is 220 g/mol. The Morgan fingerprint density at radius 1 is 1.50 bits per heavy atom. The first-order valence-electron chi connectivity index (χ1n) is 5.15. The highest BCUT2D eigenvalue weighted by Gasteiger charge is 2.09. The quantitative estimate of drug-likeness (QED) is 0.791. The van der Waals surface area contributed by atoms with Gasteiger partial charge in [0.05, 0.1) is 12.7 Å². The summed E-state index contributed by atoms with van der Waals surface area (Å²) in [4.78, 5) is 11.5. The van der Waals surface area contributed by atoms with Crippen LogP contribution in [0.1, 0.15) is 27.9 Å². The van der Waals surface area contributed by atoms with Gasteiger partial charge in [0.15, 0.2) is 0 Å². The first-order valence-corrected chi connectivity index (χ1v) is 5.15. The fourth-order valence-corrected chi connectivity index (χ4v) is 1.40. The summed E-state index contributed by atoms with van der Waals surface area (Å²) in [5.74, 6) is -0.344. The molecule has 0 saturated heterocycles. The predicted octanol–water partition coefficient (Wildman–Crippen LogP) is 2.18. The van der Waals surface area contributed by atoms with Gasteiger partial charge < -0.3 is 9.84 Å². The largest absolute Gasteiger partial charge is 0.465 e. The topological polar surface area (TPSA) is 46.5 Å². The van der Waals surface area contributed by atoms with Gasteiger partial charge in [0, 0.05) is 6.61 Å². The number of ether oxygens (including phenoxy) is 1. The molecule has 0 saturated carbocycles. The molecule has 1 aromatic rings. The molecule has 1 N–H and O–H groups in total. The van der Waals surface area contributed by atoms with Crippen LogP contribution in [0.3, 0.4) is 0 Å². The third-order valence-corrected chi connectivity index (χ3v) is 2.21. The summed E-state index contributed by atoms with van der Waals surface area (Å²) < 4.78 is 4.70.